The SMILES string of the molecule is CCCNC(C1=CCCCC1)C1CN(C)CCCN1C. The Labute approximate surface area is 125 Å². The van der Waals surface area contributed by atoms with Gasteiger partial charge in [0.15, 0.2) is 0 Å². The molecule has 1 aliphatic carbocycles. The highest BCUT2D eigenvalue weighted by Gasteiger charge is 2.30. The summed E-state index contributed by atoms with van der Waals surface area (Å²) in [7, 11) is 4.59. The van der Waals surface area contributed by atoms with Crippen molar-refractivity contribution in [2.24, 2.45) is 0 Å². The minimum absolute atomic E-state index is 0.556. The number of nitrogens with one attached hydrogen (secondary N) is 1. The van der Waals surface area contributed by atoms with Crippen LogP contribution in [0.15, 0.2) is 11.6 Å². The summed E-state index contributed by atoms with van der Waals surface area (Å²) < 4.78 is 0. The molecule has 1 N–H and O–H groups in total. The first-order chi connectivity index (χ1) is 9.72. The molecule has 0 saturated carbocycles. The van der Waals surface area contributed by atoms with E-state index < -0.39 is 0 Å². The van der Waals surface area contributed by atoms with Gasteiger partial charge in [-0.15, -0.1) is 0 Å². The summed E-state index contributed by atoms with van der Waals surface area (Å²) in [4.78, 5) is 5.10. The van der Waals surface area contributed by atoms with Gasteiger partial charge in [0.2, 0.25) is 0 Å². The zero-order chi connectivity index (χ0) is 14.4. The van der Waals surface area contributed by atoms with E-state index in [-0.39, 0.29) is 0 Å². The van der Waals surface area contributed by atoms with Gasteiger partial charge >= 0.3 is 0 Å². The number of hydrogen-bond donors (Lipinski definition) is 1. The van der Waals surface area contributed by atoms with Gasteiger partial charge in [0.05, 0.1) is 0 Å². The molecule has 0 bridgehead atoms. The van der Waals surface area contributed by atoms with E-state index >= 15 is 0 Å². The Bertz CT molecular complexity index is 313. The average Bonchev–Trinajstić information content (AvgIpc) is 2.62. The van der Waals surface area contributed by atoms with E-state index in [4.69, 9.17) is 0 Å². The van der Waals surface area contributed by atoms with Crippen LogP contribution in [0.3, 0.4) is 0 Å². The molecule has 2 unspecified atom stereocenters. The summed E-state index contributed by atoms with van der Waals surface area (Å²) in [5.41, 5.74) is 1.68. The zero-order valence-electron chi connectivity index (χ0n) is 13.7. The van der Waals surface area contributed by atoms with Crippen LogP contribution in [0.4, 0.5) is 0 Å². The Hall–Kier alpha value is -0.380. The quantitative estimate of drug-likeness (QED) is 0.780. The smallest absolute Gasteiger partial charge is 0.0449 e. The van der Waals surface area contributed by atoms with Crippen LogP contribution in [0.2, 0.25) is 0 Å². The van der Waals surface area contributed by atoms with Crippen molar-refractivity contribution in [2.45, 2.75) is 57.5 Å². The number of likely N-dealkylation sites (N-methyl/N-ethyl adjacent to an activating group) is 2. The summed E-state index contributed by atoms with van der Waals surface area (Å²) in [5.74, 6) is 0. The lowest BCUT2D eigenvalue weighted by Gasteiger charge is -2.37. The van der Waals surface area contributed by atoms with E-state index in [1.54, 1.807) is 5.57 Å². The van der Waals surface area contributed by atoms with E-state index in [0.29, 0.717) is 12.1 Å². The van der Waals surface area contributed by atoms with Gasteiger partial charge in [-0.1, -0.05) is 18.6 Å². The van der Waals surface area contributed by atoms with Crippen molar-refractivity contribution in [2.75, 3.05) is 40.3 Å². The van der Waals surface area contributed by atoms with Crippen molar-refractivity contribution in [1.82, 2.24) is 15.1 Å². The highest BCUT2D eigenvalue weighted by Crippen LogP contribution is 2.25. The van der Waals surface area contributed by atoms with E-state index in [1.807, 2.05) is 0 Å². The van der Waals surface area contributed by atoms with Crippen LogP contribution < -0.4 is 5.32 Å². The van der Waals surface area contributed by atoms with Crippen molar-refractivity contribution >= 4 is 0 Å². The Balaban J connectivity index is 2.12. The predicted octanol–water partition coefficient (Wildman–Crippen LogP) is 2.49. The molecule has 3 heteroatoms. The second-order valence-corrected chi connectivity index (χ2v) is 6.62. The molecule has 0 aromatic rings. The summed E-state index contributed by atoms with van der Waals surface area (Å²) in [6.07, 6.45) is 10.4. The second-order valence-electron chi connectivity index (χ2n) is 6.62. The summed E-state index contributed by atoms with van der Waals surface area (Å²) >= 11 is 0. The summed E-state index contributed by atoms with van der Waals surface area (Å²) in [5, 5.41) is 3.85. The van der Waals surface area contributed by atoms with Crippen LogP contribution in [-0.2, 0) is 0 Å². The topological polar surface area (TPSA) is 18.5 Å². The Morgan fingerprint density at radius 3 is 2.80 bits per heavy atom. The largest absolute Gasteiger partial charge is 0.309 e. The molecule has 0 spiro atoms. The highest BCUT2D eigenvalue weighted by molar-refractivity contribution is 5.17. The maximum atomic E-state index is 3.85. The molecule has 2 rings (SSSR count). The average molecular weight is 279 g/mol. The molecule has 1 heterocycles. The minimum atomic E-state index is 0.556. The second kappa shape index (κ2) is 8.16. The fraction of sp³-hybridized carbons (Fsp3) is 0.882. The van der Waals surface area contributed by atoms with Gasteiger partial charge < -0.3 is 15.1 Å². The molecule has 20 heavy (non-hydrogen) atoms. The lowest BCUT2D eigenvalue weighted by molar-refractivity contribution is 0.189. The van der Waals surface area contributed by atoms with Gasteiger partial charge in [0.25, 0.3) is 0 Å². The molecule has 2 aliphatic rings. The molecule has 1 fully saturated rings. The van der Waals surface area contributed by atoms with Gasteiger partial charge in [0.1, 0.15) is 0 Å². The molecule has 1 saturated heterocycles. The van der Waals surface area contributed by atoms with Crippen LogP contribution in [0.1, 0.15) is 45.4 Å². The monoisotopic (exact) mass is 279 g/mol. The van der Waals surface area contributed by atoms with Crippen LogP contribution in [0, 0.1) is 0 Å². The Kier molecular flexibility index (Phi) is 6.53. The molecule has 2 atom stereocenters. The molecule has 3 nitrogen and oxygen atoms in total. The zero-order valence-corrected chi connectivity index (χ0v) is 13.7. The standard InChI is InChI=1S/C17H33N3/c1-4-11-18-17(15-9-6-5-7-10-15)16-14-19(2)12-8-13-20(16)3/h9,16-18H,4-8,10-14H2,1-3H3. The Morgan fingerprint density at radius 1 is 1.25 bits per heavy atom. The first-order valence-electron chi connectivity index (χ1n) is 8.53. The third-order valence-corrected chi connectivity index (χ3v) is 4.84. The van der Waals surface area contributed by atoms with Crippen molar-refractivity contribution < 1.29 is 0 Å². The summed E-state index contributed by atoms with van der Waals surface area (Å²) in [6, 6.07) is 1.18. The van der Waals surface area contributed by atoms with Crippen LogP contribution in [-0.4, -0.2) is 62.2 Å². The molecule has 0 aromatic carbocycles. The van der Waals surface area contributed by atoms with Crippen LogP contribution in [0.25, 0.3) is 0 Å². The predicted molar refractivity (Wildman–Crippen MR) is 87.2 cm³/mol. The van der Waals surface area contributed by atoms with Gasteiger partial charge in [-0.25, -0.2) is 0 Å². The number of allylic oxidation sites excluding steroid dienone is 1. The third-order valence-electron chi connectivity index (χ3n) is 4.84. The van der Waals surface area contributed by atoms with Gasteiger partial charge in [-0.2, -0.15) is 0 Å². The molecule has 0 amide bonds. The summed E-state index contributed by atoms with van der Waals surface area (Å²) in [6.45, 7) is 7.06. The molecular formula is C17H33N3. The van der Waals surface area contributed by atoms with Crippen LogP contribution in [0.5, 0.6) is 0 Å². The fourth-order valence-electron chi connectivity index (χ4n) is 3.63. The van der Waals surface area contributed by atoms with E-state index in [2.05, 4.69) is 42.2 Å². The molecule has 116 valence electrons. The molecule has 0 radical (unpaired) electrons. The first-order valence-corrected chi connectivity index (χ1v) is 8.53. The first kappa shape index (κ1) is 16.0. The minimum Gasteiger partial charge on any atom is -0.309 e. The van der Waals surface area contributed by atoms with Crippen molar-refractivity contribution in [1.29, 1.82) is 0 Å². The van der Waals surface area contributed by atoms with Crippen LogP contribution >= 0.6 is 0 Å². The van der Waals surface area contributed by atoms with E-state index in [1.165, 1.54) is 58.2 Å². The van der Waals surface area contributed by atoms with Gasteiger partial charge in [0, 0.05) is 18.6 Å². The van der Waals surface area contributed by atoms with Gasteiger partial charge in [-0.05, 0) is 72.3 Å². The van der Waals surface area contributed by atoms with Crippen molar-refractivity contribution in [3.8, 4) is 0 Å². The molecule has 0 aromatic heterocycles. The number of hydrogen-bond acceptors (Lipinski definition) is 3. The number of rotatable bonds is 5. The fourth-order valence-corrected chi connectivity index (χ4v) is 3.63. The van der Waals surface area contributed by atoms with Gasteiger partial charge in [-0.3, -0.25) is 0 Å². The van der Waals surface area contributed by atoms with Crippen molar-refractivity contribution in [3.63, 3.8) is 0 Å². The van der Waals surface area contributed by atoms with E-state index in [9.17, 15) is 0 Å². The lowest BCUT2D eigenvalue weighted by Crippen LogP contribution is -2.53. The maximum Gasteiger partial charge on any atom is 0.0449 e. The maximum absolute atomic E-state index is 3.85. The Morgan fingerprint density at radius 2 is 2.10 bits per heavy atom. The third kappa shape index (κ3) is 4.31. The molecule has 1 aliphatic heterocycles. The highest BCUT2D eigenvalue weighted by atomic mass is 15.2. The lowest BCUT2D eigenvalue weighted by atomic mass is 9.89. The normalized spacial score (nSPS) is 27.9. The molecular weight excluding hydrogens is 246 g/mol. The number of nitrogens with zero attached hydrogens (tertiary/aromatic N) is 2. The van der Waals surface area contributed by atoms with E-state index in [0.717, 1.165) is 6.54 Å². The van der Waals surface area contributed by atoms with Crippen molar-refractivity contribution in [3.05, 3.63) is 11.6 Å².